The minimum atomic E-state index is -3.94. The fourth-order valence-electron chi connectivity index (χ4n) is 3.33. The van der Waals surface area contributed by atoms with Crippen molar-refractivity contribution in [3.05, 3.63) is 83.4 Å². The highest BCUT2D eigenvalue weighted by atomic mass is 32.2. The topological polar surface area (TPSA) is 102 Å². The first-order valence-corrected chi connectivity index (χ1v) is 11.8. The van der Waals surface area contributed by atoms with Crippen LogP contribution in [0.2, 0.25) is 0 Å². The Morgan fingerprint density at radius 2 is 1.59 bits per heavy atom. The number of hydrogen-bond acceptors (Lipinski definition) is 6. The number of aryl methyl sites for hydroxylation is 2. The van der Waals surface area contributed by atoms with E-state index in [1.165, 1.54) is 38.4 Å². The van der Waals surface area contributed by atoms with E-state index in [0.29, 0.717) is 17.1 Å². The van der Waals surface area contributed by atoms with E-state index in [1.54, 1.807) is 36.4 Å². The first-order valence-electron chi connectivity index (χ1n) is 10.4. The van der Waals surface area contributed by atoms with Crippen molar-refractivity contribution in [1.82, 2.24) is 0 Å². The normalized spacial score (nSPS) is 10.9. The molecule has 0 heterocycles. The average molecular weight is 483 g/mol. The molecule has 3 rings (SSSR count). The van der Waals surface area contributed by atoms with Gasteiger partial charge in [0.05, 0.1) is 23.3 Å². The van der Waals surface area contributed by atoms with Gasteiger partial charge >= 0.3 is 5.97 Å². The van der Waals surface area contributed by atoms with Gasteiger partial charge in [-0.15, -0.1) is 0 Å². The van der Waals surface area contributed by atoms with Crippen LogP contribution < -0.4 is 14.4 Å². The lowest BCUT2D eigenvalue weighted by Gasteiger charge is -2.20. The van der Waals surface area contributed by atoms with Crippen LogP contribution in [-0.4, -0.2) is 41.1 Å². The Kier molecular flexibility index (Phi) is 7.57. The van der Waals surface area contributed by atoms with E-state index in [-0.39, 0.29) is 10.5 Å². The van der Waals surface area contributed by atoms with Gasteiger partial charge < -0.3 is 14.8 Å². The number of nitrogens with one attached hydrogen (secondary N) is 1. The van der Waals surface area contributed by atoms with Crippen LogP contribution in [0.5, 0.6) is 5.75 Å². The number of anilines is 2. The van der Waals surface area contributed by atoms with Gasteiger partial charge in [0.15, 0.2) is 6.61 Å². The molecule has 1 N–H and O–H groups in total. The molecular formula is C25H26N2O6S. The number of carbonyl (C=O) groups excluding carboxylic acids is 2. The zero-order chi connectivity index (χ0) is 24.9. The Labute approximate surface area is 199 Å². The standard InChI is InChI=1S/C25H26N2O6S/c1-17-12-18(2)14-20(13-17)26-24(28)16-33-25(29)19-6-5-7-23(15-19)34(30,31)27(3)21-8-10-22(32-4)11-9-21/h5-15H,16H2,1-4H3,(H,26,28). The SMILES string of the molecule is COc1ccc(N(C)S(=O)(=O)c2cccc(C(=O)OCC(=O)Nc3cc(C)cc(C)c3)c2)cc1. The van der Waals surface area contributed by atoms with E-state index in [9.17, 15) is 18.0 Å². The molecule has 8 nitrogen and oxygen atoms in total. The Hall–Kier alpha value is -3.85. The number of carbonyl (C=O) groups is 2. The second-order valence-electron chi connectivity index (χ2n) is 7.70. The molecule has 0 radical (unpaired) electrons. The van der Waals surface area contributed by atoms with Crippen molar-refractivity contribution < 1.29 is 27.5 Å². The van der Waals surface area contributed by atoms with Gasteiger partial charge in [-0.05, 0) is 79.6 Å². The molecule has 0 saturated heterocycles. The number of methoxy groups -OCH3 is 1. The number of esters is 1. The van der Waals surface area contributed by atoms with E-state index in [1.807, 2.05) is 19.9 Å². The van der Waals surface area contributed by atoms with Gasteiger partial charge in [0.2, 0.25) is 0 Å². The van der Waals surface area contributed by atoms with Crippen molar-refractivity contribution in [1.29, 1.82) is 0 Å². The molecule has 0 bridgehead atoms. The fourth-order valence-corrected chi connectivity index (χ4v) is 4.57. The highest BCUT2D eigenvalue weighted by Gasteiger charge is 2.23. The highest BCUT2D eigenvalue weighted by molar-refractivity contribution is 7.92. The summed E-state index contributed by atoms with van der Waals surface area (Å²) in [5, 5.41) is 2.68. The molecule has 0 aliphatic rings. The zero-order valence-corrected chi connectivity index (χ0v) is 20.2. The van der Waals surface area contributed by atoms with E-state index in [2.05, 4.69) is 5.32 Å². The maximum absolute atomic E-state index is 13.1. The summed E-state index contributed by atoms with van der Waals surface area (Å²) in [7, 11) is -1.01. The molecule has 178 valence electrons. The smallest absolute Gasteiger partial charge is 0.338 e. The highest BCUT2D eigenvalue weighted by Crippen LogP contribution is 2.25. The Balaban J connectivity index is 1.68. The van der Waals surface area contributed by atoms with Crippen LogP contribution in [-0.2, 0) is 19.6 Å². The summed E-state index contributed by atoms with van der Waals surface area (Å²) in [5.41, 5.74) is 3.03. The first-order chi connectivity index (χ1) is 16.1. The van der Waals surface area contributed by atoms with Gasteiger partial charge in [-0.2, -0.15) is 0 Å². The van der Waals surface area contributed by atoms with Crippen molar-refractivity contribution in [2.75, 3.05) is 30.4 Å². The lowest BCUT2D eigenvalue weighted by Crippen LogP contribution is -2.27. The molecule has 0 aliphatic carbocycles. The van der Waals surface area contributed by atoms with Gasteiger partial charge in [0.25, 0.3) is 15.9 Å². The maximum Gasteiger partial charge on any atom is 0.338 e. The molecule has 0 spiro atoms. The number of nitrogens with zero attached hydrogens (tertiary/aromatic N) is 1. The van der Waals surface area contributed by atoms with Crippen LogP contribution in [0.15, 0.2) is 71.6 Å². The summed E-state index contributed by atoms with van der Waals surface area (Å²) in [6.07, 6.45) is 0. The number of ether oxygens (including phenoxy) is 2. The number of amides is 1. The van der Waals surface area contributed by atoms with E-state index in [0.717, 1.165) is 15.4 Å². The first kappa shape index (κ1) is 24.8. The molecule has 1 amide bonds. The van der Waals surface area contributed by atoms with Gasteiger partial charge in [-0.1, -0.05) is 12.1 Å². The van der Waals surface area contributed by atoms with Crippen LogP contribution in [0.4, 0.5) is 11.4 Å². The lowest BCUT2D eigenvalue weighted by molar-refractivity contribution is -0.119. The summed E-state index contributed by atoms with van der Waals surface area (Å²) in [5.74, 6) is -0.707. The van der Waals surface area contributed by atoms with E-state index in [4.69, 9.17) is 9.47 Å². The number of benzene rings is 3. The number of sulfonamides is 1. The molecule has 3 aromatic rings. The zero-order valence-electron chi connectivity index (χ0n) is 19.4. The van der Waals surface area contributed by atoms with Gasteiger partial charge in [0, 0.05) is 12.7 Å². The lowest BCUT2D eigenvalue weighted by atomic mass is 10.1. The van der Waals surface area contributed by atoms with Crippen molar-refractivity contribution in [3.63, 3.8) is 0 Å². The van der Waals surface area contributed by atoms with Crippen molar-refractivity contribution in [2.45, 2.75) is 18.7 Å². The van der Waals surface area contributed by atoms with E-state index >= 15 is 0 Å². The third-order valence-corrected chi connectivity index (χ3v) is 6.79. The summed E-state index contributed by atoms with van der Waals surface area (Å²) >= 11 is 0. The van der Waals surface area contributed by atoms with Crippen LogP contribution in [0.25, 0.3) is 0 Å². The Morgan fingerprint density at radius 1 is 0.941 bits per heavy atom. The third kappa shape index (κ3) is 5.93. The van der Waals surface area contributed by atoms with Gasteiger partial charge in [-0.25, -0.2) is 13.2 Å². The largest absolute Gasteiger partial charge is 0.497 e. The van der Waals surface area contributed by atoms with Crippen LogP contribution in [0, 0.1) is 13.8 Å². The molecule has 0 atom stereocenters. The van der Waals surface area contributed by atoms with Crippen LogP contribution >= 0.6 is 0 Å². The predicted molar refractivity (Wildman–Crippen MR) is 130 cm³/mol. The van der Waals surface area contributed by atoms with E-state index < -0.39 is 28.5 Å². The quantitative estimate of drug-likeness (QED) is 0.488. The Morgan fingerprint density at radius 3 is 2.21 bits per heavy atom. The molecule has 9 heteroatoms. The predicted octanol–water partition coefficient (Wildman–Crippen LogP) is 3.93. The van der Waals surface area contributed by atoms with Crippen molar-refractivity contribution in [3.8, 4) is 5.75 Å². The van der Waals surface area contributed by atoms with Crippen molar-refractivity contribution in [2.24, 2.45) is 0 Å². The number of rotatable bonds is 8. The minimum Gasteiger partial charge on any atom is -0.497 e. The fraction of sp³-hybridized carbons (Fsp3) is 0.200. The molecule has 0 aliphatic heterocycles. The molecule has 0 fully saturated rings. The van der Waals surface area contributed by atoms with Gasteiger partial charge in [-0.3, -0.25) is 9.10 Å². The van der Waals surface area contributed by atoms with Gasteiger partial charge in [0.1, 0.15) is 5.75 Å². The second kappa shape index (κ2) is 10.4. The third-order valence-electron chi connectivity index (χ3n) is 5.00. The average Bonchev–Trinajstić information content (AvgIpc) is 2.81. The summed E-state index contributed by atoms with van der Waals surface area (Å²) in [6, 6.07) is 17.6. The molecule has 3 aromatic carbocycles. The molecular weight excluding hydrogens is 456 g/mol. The number of hydrogen-bond donors (Lipinski definition) is 1. The monoisotopic (exact) mass is 482 g/mol. The minimum absolute atomic E-state index is 0.0170. The second-order valence-corrected chi connectivity index (χ2v) is 9.67. The molecule has 0 unspecified atom stereocenters. The van der Waals surface area contributed by atoms with Crippen LogP contribution in [0.1, 0.15) is 21.5 Å². The Bertz CT molecular complexity index is 1280. The molecule has 0 saturated carbocycles. The van der Waals surface area contributed by atoms with Crippen LogP contribution in [0.3, 0.4) is 0 Å². The van der Waals surface area contributed by atoms with Crippen molar-refractivity contribution >= 4 is 33.3 Å². The maximum atomic E-state index is 13.1. The summed E-state index contributed by atoms with van der Waals surface area (Å²) in [4.78, 5) is 24.6. The summed E-state index contributed by atoms with van der Waals surface area (Å²) < 4.78 is 37.4. The summed E-state index contributed by atoms with van der Waals surface area (Å²) in [6.45, 7) is 3.32. The molecule has 0 aromatic heterocycles. The molecule has 34 heavy (non-hydrogen) atoms.